The number of rotatable bonds is 2. The Morgan fingerprint density at radius 2 is 1.88 bits per heavy atom. The van der Waals surface area contributed by atoms with Gasteiger partial charge in [0.1, 0.15) is 5.69 Å². The van der Waals surface area contributed by atoms with E-state index < -0.39 is 0 Å². The third-order valence-corrected chi connectivity index (χ3v) is 5.78. The van der Waals surface area contributed by atoms with Gasteiger partial charge in [0, 0.05) is 12.0 Å². The smallest absolute Gasteiger partial charge is 0.292 e. The van der Waals surface area contributed by atoms with Crippen molar-refractivity contribution in [2.24, 2.45) is 5.92 Å². The molecule has 0 bridgehead atoms. The lowest BCUT2D eigenvalue weighted by molar-refractivity contribution is -0.384. The number of nitrogens with zero attached hydrogens (tertiary/aromatic N) is 1. The third-order valence-electron chi connectivity index (χ3n) is 5.78. The van der Waals surface area contributed by atoms with Crippen LogP contribution in [0.25, 0.3) is 0 Å². The van der Waals surface area contributed by atoms with Crippen LogP contribution in [-0.2, 0) is 0 Å². The van der Waals surface area contributed by atoms with E-state index in [0.717, 1.165) is 23.1 Å². The van der Waals surface area contributed by atoms with Gasteiger partial charge in [-0.2, -0.15) is 0 Å². The summed E-state index contributed by atoms with van der Waals surface area (Å²) in [6.45, 7) is 6.11. The largest absolute Gasteiger partial charge is 0.372 e. The van der Waals surface area contributed by atoms with Crippen molar-refractivity contribution in [3.63, 3.8) is 0 Å². The minimum atomic E-state index is -0.260. The van der Waals surface area contributed by atoms with Gasteiger partial charge in [-0.3, -0.25) is 10.1 Å². The molecule has 0 fully saturated rings. The lowest BCUT2D eigenvalue weighted by atomic mass is 9.74. The number of nitro groups is 1. The van der Waals surface area contributed by atoms with Crippen LogP contribution in [0.3, 0.4) is 0 Å². The fraction of sp³-hybridized carbons (Fsp3) is 0.333. The normalized spacial score (nSPS) is 23.7. The number of nitrogens with one attached hydrogen (secondary N) is 1. The Labute approximate surface area is 147 Å². The van der Waals surface area contributed by atoms with Gasteiger partial charge in [-0.15, -0.1) is 0 Å². The van der Waals surface area contributed by atoms with Crippen LogP contribution in [0, 0.1) is 36.8 Å². The fourth-order valence-corrected chi connectivity index (χ4v) is 4.33. The zero-order chi connectivity index (χ0) is 17.7. The molecule has 0 unspecified atom stereocenters. The fourth-order valence-electron chi connectivity index (χ4n) is 4.33. The van der Waals surface area contributed by atoms with E-state index in [1.165, 1.54) is 11.1 Å². The standard InChI is InChI=1S/C21H22N2O2/c1-12-7-9-15(10-8-12)20-17-6-4-5-16(17)19-14(3)13(2)11-18(23(24)25)21(19)22-20/h4-5,7-11,16-17,20,22H,6H2,1-3H3/t16-,17+,20+/m1/s1. The van der Waals surface area contributed by atoms with Crippen molar-refractivity contribution in [1.29, 1.82) is 0 Å². The van der Waals surface area contributed by atoms with Crippen molar-refractivity contribution in [3.05, 3.63) is 80.4 Å². The molecule has 4 nitrogen and oxygen atoms in total. The van der Waals surface area contributed by atoms with E-state index in [2.05, 4.69) is 55.6 Å². The van der Waals surface area contributed by atoms with Crippen molar-refractivity contribution in [3.8, 4) is 0 Å². The number of hydrogen-bond donors (Lipinski definition) is 1. The zero-order valence-electron chi connectivity index (χ0n) is 14.7. The molecule has 0 radical (unpaired) electrons. The summed E-state index contributed by atoms with van der Waals surface area (Å²) in [5.74, 6) is 0.636. The Balaban J connectivity index is 1.90. The highest BCUT2D eigenvalue weighted by Gasteiger charge is 2.41. The summed E-state index contributed by atoms with van der Waals surface area (Å²) in [6.07, 6.45) is 5.46. The predicted molar refractivity (Wildman–Crippen MR) is 100 cm³/mol. The van der Waals surface area contributed by atoms with Gasteiger partial charge < -0.3 is 5.32 Å². The molecule has 4 rings (SSSR count). The van der Waals surface area contributed by atoms with Gasteiger partial charge in [-0.1, -0.05) is 42.0 Å². The maximum atomic E-state index is 11.7. The lowest BCUT2D eigenvalue weighted by Crippen LogP contribution is -2.30. The number of aryl methyl sites for hydroxylation is 2. The molecule has 0 saturated carbocycles. The van der Waals surface area contributed by atoms with Gasteiger partial charge in [0.05, 0.1) is 11.0 Å². The molecule has 128 valence electrons. The second-order valence-electron chi connectivity index (χ2n) is 7.27. The first-order valence-electron chi connectivity index (χ1n) is 8.75. The van der Waals surface area contributed by atoms with Gasteiger partial charge in [0.25, 0.3) is 5.69 Å². The Bertz CT molecular complexity index is 884. The van der Waals surface area contributed by atoms with E-state index in [-0.39, 0.29) is 22.6 Å². The van der Waals surface area contributed by atoms with Gasteiger partial charge in [-0.05, 0) is 55.4 Å². The first-order valence-corrected chi connectivity index (χ1v) is 8.75. The molecule has 3 atom stereocenters. The Morgan fingerprint density at radius 1 is 1.16 bits per heavy atom. The van der Waals surface area contributed by atoms with E-state index in [1.807, 2.05) is 6.92 Å². The predicted octanol–water partition coefficient (Wildman–Crippen LogP) is 5.35. The van der Waals surface area contributed by atoms with Crippen molar-refractivity contribution in [2.75, 3.05) is 5.32 Å². The summed E-state index contributed by atoms with van der Waals surface area (Å²) in [7, 11) is 0. The minimum Gasteiger partial charge on any atom is -0.372 e. The Kier molecular flexibility index (Phi) is 3.64. The topological polar surface area (TPSA) is 55.2 Å². The maximum Gasteiger partial charge on any atom is 0.292 e. The molecule has 1 heterocycles. The van der Waals surface area contributed by atoms with E-state index in [0.29, 0.717) is 11.6 Å². The molecule has 25 heavy (non-hydrogen) atoms. The van der Waals surface area contributed by atoms with Gasteiger partial charge in [-0.25, -0.2) is 0 Å². The van der Waals surface area contributed by atoms with E-state index in [1.54, 1.807) is 6.07 Å². The second kappa shape index (κ2) is 5.73. The quantitative estimate of drug-likeness (QED) is 0.458. The number of anilines is 1. The first-order chi connectivity index (χ1) is 12.0. The highest BCUT2D eigenvalue weighted by atomic mass is 16.6. The number of hydrogen-bond acceptors (Lipinski definition) is 3. The molecule has 2 aliphatic rings. The van der Waals surface area contributed by atoms with Crippen LogP contribution < -0.4 is 5.32 Å². The molecule has 0 spiro atoms. The summed E-state index contributed by atoms with van der Waals surface area (Å²) in [5.41, 5.74) is 6.56. The lowest BCUT2D eigenvalue weighted by Gasteiger charge is -2.38. The molecule has 1 aliphatic heterocycles. The first kappa shape index (κ1) is 15.9. The monoisotopic (exact) mass is 334 g/mol. The zero-order valence-corrected chi connectivity index (χ0v) is 14.7. The van der Waals surface area contributed by atoms with Crippen LogP contribution in [0.1, 0.15) is 46.2 Å². The molecule has 2 aromatic carbocycles. The summed E-state index contributed by atoms with van der Waals surface area (Å²) >= 11 is 0. The molecular weight excluding hydrogens is 312 g/mol. The molecule has 2 aromatic rings. The molecular formula is C21H22N2O2. The van der Waals surface area contributed by atoms with Crippen LogP contribution >= 0.6 is 0 Å². The Morgan fingerprint density at radius 3 is 2.56 bits per heavy atom. The number of fused-ring (bicyclic) bond motifs is 3. The molecule has 0 amide bonds. The molecule has 1 N–H and O–H groups in total. The summed E-state index contributed by atoms with van der Waals surface area (Å²) in [4.78, 5) is 11.4. The average molecular weight is 334 g/mol. The Hall–Kier alpha value is -2.62. The van der Waals surface area contributed by atoms with Gasteiger partial charge in [0.2, 0.25) is 0 Å². The van der Waals surface area contributed by atoms with E-state index in [4.69, 9.17) is 0 Å². The highest BCUT2D eigenvalue weighted by molar-refractivity contribution is 5.74. The molecule has 0 saturated heterocycles. The van der Waals surface area contributed by atoms with Crippen molar-refractivity contribution in [2.45, 2.75) is 39.2 Å². The van der Waals surface area contributed by atoms with Crippen LogP contribution in [0.2, 0.25) is 0 Å². The number of nitro benzene ring substituents is 1. The minimum absolute atomic E-state index is 0.0916. The van der Waals surface area contributed by atoms with E-state index in [9.17, 15) is 10.1 Å². The summed E-state index contributed by atoms with van der Waals surface area (Å²) < 4.78 is 0. The van der Waals surface area contributed by atoms with Crippen LogP contribution in [0.5, 0.6) is 0 Å². The molecule has 1 aliphatic carbocycles. The second-order valence-corrected chi connectivity index (χ2v) is 7.27. The SMILES string of the molecule is Cc1ccc([C@@H]2Nc3c([N+](=O)[O-])cc(C)c(C)c3[C@@H]3C=CC[C@@H]32)cc1. The van der Waals surface area contributed by atoms with E-state index >= 15 is 0 Å². The third kappa shape index (κ3) is 2.44. The van der Waals surface area contributed by atoms with Gasteiger partial charge >= 0.3 is 0 Å². The van der Waals surface area contributed by atoms with Crippen LogP contribution in [0.4, 0.5) is 11.4 Å². The van der Waals surface area contributed by atoms with Crippen LogP contribution in [-0.4, -0.2) is 4.92 Å². The van der Waals surface area contributed by atoms with Crippen molar-refractivity contribution < 1.29 is 4.92 Å². The highest BCUT2D eigenvalue weighted by Crippen LogP contribution is 2.53. The molecule has 0 aromatic heterocycles. The number of benzene rings is 2. The van der Waals surface area contributed by atoms with Crippen molar-refractivity contribution in [1.82, 2.24) is 0 Å². The van der Waals surface area contributed by atoms with Crippen molar-refractivity contribution >= 4 is 11.4 Å². The maximum absolute atomic E-state index is 11.7. The average Bonchev–Trinajstić information content (AvgIpc) is 3.07. The molecule has 4 heteroatoms. The summed E-state index contributed by atoms with van der Waals surface area (Å²) in [6, 6.07) is 10.3. The summed E-state index contributed by atoms with van der Waals surface area (Å²) in [5, 5.41) is 15.2. The van der Waals surface area contributed by atoms with Gasteiger partial charge in [0.15, 0.2) is 0 Å². The number of allylic oxidation sites excluding steroid dienone is 2. The van der Waals surface area contributed by atoms with Crippen LogP contribution in [0.15, 0.2) is 42.5 Å².